The minimum atomic E-state index is -0.624. The van der Waals surface area contributed by atoms with Crippen molar-refractivity contribution in [2.45, 2.75) is 56.5 Å². The fourth-order valence-electron chi connectivity index (χ4n) is 2.64. The Hall–Kier alpha value is -1.10. The maximum absolute atomic E-state index is 11.9. The maximum atomic E-state index is 11.9. The van der Waals surface area contributed by atoms with Crippen LogP contribution in [-0.2, 0) is 9.59 Å². The van der Waals surface area contributed by atoms with E-state index >= 15 is 0 Å². The number of rotatable bonds is 3. The highest BCUT2D eigenvalue weighted by Crippen LogP contribution is 2.30. The number of carbonyl (C=O) groups excluding carboxylic acids is 2. The van der Waals surface area contributed by atoms with Crippen molar-refractivity contribution in [2.75, 3.05) is 0 Å². The highest BCUT2D eigenvalue weighted by Gasteiger charge is 2.41. The van der Waals surface area contributed by atoms with Gasteiger partial charge in [0, 0.05) is 12.0 Å². The highest BCUT2D eigenvalue weighted by molar-refractivity contribution is 5.87. The van der Waals surface area contributed by atoms with Crippen LogP contribution < -0.4 is 16.8 Å². The van der Waals surface area contributed by atoms with Gasteiger partial charge >= 0.3 is 0 Å². The first-order valence-corrected chi connectivity index (χ1v) is 6.40. The lowest BCUT2D eigenvalue weighted by atomic mass is 9.76. The summed E-state index contributed by atoms with van der Waals surface area (Å²) in [5.41, 5.74) is 10.6. The molecule has 2 amide bonds. The number of hydrogen-bond acceptors (Lipinski definition) is 3. The Morgan fingerprint density at radius 2 is 1.71 bits per heavy atom. The summed E-state index contributed by atoms with van der Waals surface area (Å²) in [6, 6.07) is 0.166. The van der Waals surface area contributed by atoms with Gasteiger partial charge in [0.25, 0.3) is 0 Å². The van der Waals surface area contributed by atoms with E-state index in [0.717, 1.165) is 44.9 Å². The van der Waals surface area contributed by atoms with Gasteiger partial charge in [-0.05, 0) is 44.9 Å². The van der Waals surface area contributed by atoms with Gasteiger partial charge in [-0.2, -0.15) is 0 Å². The molecule has 0 saturated heterocycles. The number of carbonyl (C=O) groups is 2. The fraction of sp³-hybridized carbons (Fsp3) is 0.833. The third-order valence-corrected chi connectivity index (χ3v) is 4.16. The summed E-state index contributed by atoms with van der Waals surface area (Å²) in [6.07, 6.45) is 5.82. The molecule has 0 radical (unpaired) electrons. The summed E-state index contributed by atoms with van der Waals surface area (Å²) < 4.78 is 0. The van der Waals surface area contributed by atoms with Crippen LogP contribution in [0.5, 0.6) is 0 Å². The van der Waals surface area contributed by atoms with Crippen molar-refractivity contribution in [3.63, 3.8) is 0 Å². The van der Waals surface area contributed by atoms with Gasteiger partial charge in [-0.1, -0.05) is 0 Å². The van der Waals surface area contributed by atoms with E-state index in [4.69, 9.17) is 11.5 Å². The molecule has 5 nitrogen and oxygen atoms in total. The first kappa shape index (κ1) is 12.4. The lowest BCUT2D eigenvalue weighted by molar-refractivity contribution is -0.130. The van der Waals surface area contributed by atoms with E-state index in [1.54, 1.807) is 0 Å². The summed E-state index contributed by atoms with van der Waals surface area (Å²) in [5.74, 6) is -0.256. The molecule has 0 bridgehead atoms. The molecule has 2 aliphatic carbocycles. The standard InChI is InChI=1S/C12H21N3O2/c13-10(16)8-2-4-9(5-3-8)15-11(17)12(14)6-1-7-12/h8-9H,1-7,14H2,(H2,13,16)(H,15,17). The third-order valence-electron chi connectivity index (χ3n) is 4.16. The van der Waals surface area contributed by atoms with E-state index in [1.165, 1.54) is 0 Å². The zero-order valence-corrected chi connectivity index (χ0v) is 10.1. The number of hydrogen-bond donors (Lipinski definition) is 3. The number of nitrogens with two attached hydrogens (primary N) is 2. The van der Waals surface area contributed by atoms with Gasteiger partial charge in [-0.15, -0.1) is 0 Å². The van der Waals surface area contributed by atoms with Crippen molar-refractivity contribution in [3.8, 4) is 0 Å². The average Bonchev–Trinajstić information content (AvgIpc) is 2.26. The Balaban J connectivity index is 1.78. The number of primary amides is 1. The predicted octanol–water partition coefficient (Wildman–Crippen LogP) is 0.0281. The van der Waals surface area contributed by atoms with Crippen LogP contribution in [0.1, 0.15) is 44.9 Å². The second kappa shape index (κ2) is 4.64. The van der Waals surface area contributed by atoms with Crippen LogP contribution in [0.15, 0.2) is 0 Å². The second-order valence-corrected chi connectivity index (χ2v) is 5.43. The van der Waals surface area contributed by atoms with Gasteiger partial charge in [0.2, 0.25) is 11.8 Å². The molecule has 0 unspecified atom stereocenters. The normalized spacial score (nSPS) is 31.4. The van der Waals surface area contributed by atoms with Gasteiger partial charge in [0.1, 0.15) is 0 Å². The minimum Gasteiger partial charge on any atom is -0.369 e. The Bertz CT molecular complexity index is 318. The maximum Gasteiger partial charge on any atom is 0.240 e. The quantitative estimate of drug-likeness (QED) is 0.648. The molecule has 2 saturated carbocycles. The highest BCUT2D eigenvalue weighted by atomic mass is 16.2. The van der Waals surface area contributed by atoms with Crippen molar-refractivity contribution in [2.24, 2.45) is 17.4 Å². The van der Waals surface area contributed by atoms with Crippen LogP contribution in [0.4, 0.5) is 0 Å². The van der Waals surface area contributed by atoms with Crippen LogP contribution in [0, 0.1) is 5.92 Å². The van der Waals surface area contributed by atoms with E-state index < -0.39 is 5.54 Å². The molecule has 5 heteroatoms. The zero-order valence-electron chi connectivity index (χ0n) is 10.1. The summed E-state index contributed by atoms with van der Waals surface area (Å²) in [6.45, 7) is 0. The van der Waals surface area contributed by atoms with E-state index in [9.17, 15) is 9.59 Å². The first-order chi connectivity index (χ1) is 8.01. The topological polar surface area (TPSA) is 98.2 Å². The summed E-state index contributed by atoms with van der Waals surface area (Å²) in [7, 11) is 0. The number of amides is 2. The van der Waals surface area contributed by atoms with E-state index in [0.29, 0.717) is 0 Å². The Morgan fingerprint density at radius 1 is 1.12 bits per heavy atom. The monoisotopic (exact) mass is 239 g/mol. The van der Waals surface area contributed by atoms with Crippen LogP contribution in [0.25, 0.3) is 0 Å². The van der Waals surface area contributed by atoms with Crippen molar-refractivity contribution < 1.29 is 9.59 Å². The van der Waals surface area contributed by atoms with Gasteiger partial charge in [-0.3, -0.25) is 9.59 Å². The largest absolute Gasteiger partial charge is 0.369 e. The lowest BCUT2D eigenvalue weighted by Gasteiger charge is -2.38. The van der Waals surface area contributed by atoms with Crippen LogP contribution in [-0.4, -0.2) is 23.4 Å². The Kier molecular flexibility index (Phi) is 3.38. The van der Waals surface area contributed by atoms with Gasteiger partial charge in [0.05, 0.1) is 5.54 Å². The smallest absolute Gasteiger partial charge is 0.240 e. The SMILES string of the molecule is NC(=O)C1CCC(NC(=O)C2(N)CCC2)CC1. The molecule has 0 aromatic heterocycles. The van der Waals surface area contributed by atoms with Crippen LogP contribution in [0.2, 0.25) is 0 Å². The average molecular weight is 239 g/mol. The van der Waals surface area contributed by atoms with E-state index in [-0.39, 0.29) is 23.8 Å². The molecule has 96 valence electrons. The molecule has 2 rings (SSSR count). The third kappa shape index (κ3) is 2.60. The first-order valence-electron chi connectivity index (χ1n) is 6.40. The Morgan fingerprint density at radius 3 is 2.12 bits per heavy atom. The van der Waals surface area contributed by atoms with Gasteiger partial charge in [0.15, 0.2) is 0 Å². The lowest BCUT2D eigenvalue weighted by Crippen LogP contribution is -2.60. The van der Waals surface area contributed by atoms with E-state index in [1.807, 2.05) is 0 Å². The molecule has 0 aromatic rings. The van der Waals surface area contributed by atoms with Crippen LogP contribution in [0.3, 0.4) is 0 Å². The van der Waals surface area contributed by atoms with E-state index in [2.05, 4.69) is 5.32 Å². The molecule has 5 N–H and O–H groups in total. The second-order valence-electron chi connectivity index (χ2n) is 5.43. The summed E-state index contributed by atoms with van der Waals surface area (Å²) in [4.78, 5) is 22.9. The number of nitrogens with one attached hydrogen (secondary N) is 1. The van der Waals surface area contributed by atoms with Gasteiger partial charge in [-0.25, -0.2) is 0 Å². The summed E-state index contributed by atoms with van der Waals surface area (Å²) >= 11 is 0. The molecular formula is C12H21N3O2. The molecule has 2 aliphatic rings. The molecule has 17 heavy (non-hydrogen) atoms. The predicted molar refractivity (Wildman–Crippen MR) is 63.9 cm³/mol. The summed E-state index contributed by atoms with van der Waals surface area (Å²) in [5, 5.41) is 3.00. The molecule has 2 fully saturated rings. The Labute approximate surface area is 101 Å². The fourth-order valence-corrected chi connectivity index (χ4v) is 2.64. The zero-order chi connectivity index (χ0) is 12.5. The van der Waals surface area contributed by atoms with Crippen molar-refractivity contribution in [1.29, 1.82) is 0 Å². The minimum absolute atomic E-state index is 0.0151. The van der Waals surface area contributed by atoms with Crippen molar-refractivity contribution in [3.05, 3.63) is 0 Å². The molecule has 0 heterocycles. The molecule has 0 aliphatic heterocycles. The van der Waals surface area contributed by atoms with Crippen molar-refractivity contribution in [1.82, 2.24) is 5.32 Å². The molecule has 0 spiro atoms. The molecule has 0 aromatic carbocycles. The van der Waals surface area contributed by atoms with Crippen molar-refractivity contribution >= 4 is 11.8 Å². The van der Waals surface area contributed by atoms with Gasteiger partial charge < -0.3 is 16.8 Å². The van der Waals surface area contributed by atoms with Crippen LogP contribution >= 0.6 is 0 Å². The molecule has 0 atom stereocenters. The molecular weight excluding hydrogens is 218 g/mol.